The highest BCUT2D eigenvalue weighted by Gasteiger charge is 2.43. The van der Waals surface area contributed by atoms with Crippen LogP contribution < -0.4 is 0 Å². The van der Waals surface area contributed by atoms with Gasteiger partial charge in [-0.2, -0.15) is 26.3 Å². The molecule has 0 spiro atoms. The number of esters is 1. The van der Waals surface area contributed by atoms with Crippen molar-refractivity contribution in [3.8, 4) is 0 Å². The number of carbonyl (C=O) groups is 2. The van der Waals surface area contributed by atoms with Crippen LogP contribution in [0.5, 0.6) is 0 Å². The number of hydrogen-bond donors (Lipinski definition) is 0. The van der Waals surface area contributed by atoms with Gasteiger partial charge in [-0.1, -0.05) is 6.58 Å². The summed E-state index contributed by atoms with van der Waals surface area (Å²) in [5, 5.41) is 0. The molecule has 0 atom stereocenters. The highest BCUT2D eigenvalue weighted by molar-refractivity contribution is 6.18. The van der Waals surface area contributed by atoms with Crippen LogP contribution in [0.1, 0.15) is 0 Å². The number of alkyl halides is 6. The van der Waals surface area contributed by atoms with E-state index in [1.165, 1.54) is 0 Å². The Morgan fingerprint density at radius 2 is 1.50 bits per heavy atom. The van der Waals surface area contributed by atoms with Crippen molar-refractivity contribution in [1.29, 1.82) is 0 Å². The molecular weight excluding hydrogens is 246 g/mol. The van der Waals surface area contributed by atoms with E-state index in [9.17, 15) is 35.9 Å². The fraction of sp³-hybridized carbons (Fsp3) is 0.429. The zero-order valence-electron chi connectivity index (χ0n) is 7.41. The zero-order chi connectivity index (χ0) is 13.1. The molecule has 0 aliphatic carbocycles. The Morgan fingerprint density at radius 3 is 1.81 bits per heavy atom. The monoisotopic (exact) mass is 250 g/mol. The first-order valence-corrected chi connectivity index (χ1v) is 3.49. The Hall–Kier alpha value is -1.54. The molecule has 0 saturated heterocycles. The summed E-state index contributed by atoms with van der Waals surface area (Å²) in [5.74, 6) is -4.70. The predicted octanol–water partition coefficient (Wildman–Crippen LogP) is 1.78. The normalized spacial score (nSPS) is 12.1. The molecule has 0 radical (unpaired) electrons. The Kier molecular flexibility index (Phi) is 4.10. The van der Waals surface area contributed by atoms with Crippen LogP contribution in [-0.2, 0) is 14.3 Å². The van der Waals surface area contributed by atoms with Crippen molar-refractivity contribution in [2.75, 3.05) is 6.61 Å². The third-order valence-electron chi connectivity index (χ3n) is 1.14. The van der Waals surface area contributed by atoms with Gasteiger partial charge >= 0.3 is 18.3 Å². The summed E-state index contributed by atoms with van der Waals surface area (Å²) in [5.41, 5.74) is -1.70. The van der Waals surface area contributed by atoms with Gasteiger partial charge in [0.2, 0.25) is 0 Å². The molecule has 0 aliphatic heterocycles. The maximum Gasteiger partial charge on any atom is 0.455 e. The third kappa shape index (κ3) is 4.80. The number of Topliss-reactive ketones (excluding diaryl/α,β-unsaturated/α-hetero) is 1. The summed E-state index contributed by atoms with van der Waals surface area (Å²) in [7, 11) is 0. The zero-order valence-corrected chi connectivity index (χ0v) is 7.41. The van der Waals surface area contributed by atoms with Gasteiger partial charge in [-0.15, -0.1) is 0 Å². The van der Waals surface area contributed by atoms with Crippen molar-refractivity contribution in [3.63, 3.8) is 0 Å². The first kappa shape index (κ1) is 14.5. The van der Waals surface area contributed by atoms with Crippen LogP contribution in [0.2, 0.25) is 0 Å². The second-order valence-electron chi connectivity index (χ2n) is 2.50. The van der Waals surface area contributed by atoms with E-state index < -0.39 is 36.3 Å². The quantitative estimate of drug-likeness (QED) is 0.252. The standard InChI is InChI=1S/C7H4F6O3/c1-3(4(14)7(11,12)13)5(15)16-2-6(8,9)10/h1-2H2. The van der Waals surface area contributed by atoms with E-state index in [1.54, 1.807) is 0 Å². The Bertz CT molecular complexity index is 313. The molecule has 3 nitrogen and oxygen atoms in total. The largest absolute Gasteiger partial charge is 0.455 e. The topological polar surface area (TPSA) is 43.4 Å². The van der Waals surface area contributed by atoms with Crippen molar-refractivity contribution in [3.05, 3.63) is 12.2 Å². The summed E-state index contributed by atoms with van der Waals surface area (Å²) in [6.45, 7) is 0.323. The molecule has 92 valence electrons. The number of ether oxygens (including phenoxy) is 1. The van der Waals surface area contributed by atoms with Gasteiger partial charge in [0.25, 0.3) is 5.78 Å². The molecule has 0 heterocycles. The first-order valence-electron chi connectivity index (χ1n) is 3.49. The van der Waals surface area contributed by atoms with Crippen LogP contribution in [0.3, 0.4) is 0 Å². The third-order valence-corrected chi connectivity index (χ3v) is 1.14. The van der Waals surface area contributed by atoms with Gasteiger partial charge in [0.05, 0.1) is 0 Å². The molecule has 0 rings (SSSR count). The van der Waals surface area contributed by atoms with E-state index in [-0.39, 0.29) is 0 Å². The number of rotatable bonds is 3. The van der Waals surface area contributed by atoms with Gasteiger partial charge in [-0.25, -0.2) is 4.79 Å². The van der Waals surface area contributed by atoms with Gasteiger partial charge in [0.1, 0.15) is 5.57 Å². The molecule has 0 aromatic heterocycles. The molecule has 0 amide bonds. The van der Waals surface area contributed by atoms with Crippen LogP contribution >= 0.6 is 0 Å². The summed E-state index contributed by atoms with van der Waals surface area (Å²) in [6.07, 6.45) is -10.3. The average Bonchev–Trinajstić information content (AvgIpc) is 2.09. The lowest BCUT2D eigenvalue weighted by atomic mass is 10.2. The Morgan fingerprint density at radius 1 is 1.06 bits per heavy atom. The fourth-order valence-electron chi connectivity index (χ4n) is 0.498. The Labute approximate surface area is 84.7 Å². The lowest BCUT2D eigenvalue weighted by Crippen LogP contribution is -2.30. The van der Waals surface area contributed by atoms with Crippen molar-refractivity contribution >= 4 is 11.8 Å². The first-order chi connectivity index (χ1) is 6.95. The maximum absolute atomic E-state index is 11.7. The van der Waals surface area contributed by atoms with Gasteiger partial charge < -0.3 is 4.74 Å². The van der Waals surface area contributed by atoms with E-state index >= 15 is 0 Å². The van der Waals surface area contributed by atoms with E-state index in [0.717, 1.165) is 0 Å². The molecule has 9 heteroatoms. The number of halogens is 6. The molecule has 0 fully saturated rings. The molecule has 16 heavy (non-hydrogen) atoms. The van der Waals surface area contributed by atoms with Crippen LogP contribution in [0.15, 0.2) is 12.2 Å². The summed E-state index contributed by atoms with van der Waals surface area (Å²) in [4.78, 5) is 20.9. The molecule has 0 N–H and O–H groups in total. The summed E-state index contributed by atoms with van der Waals surface area (Å²) in [6, 6.07) is 0. The highest BCUT2D eigenvalue weighted by Crippen LogP contribution is 2.21. The van der Waals surface area contributed by atoms with Gasteiger partial charge in [0, 0.05) is 0 Å². The summed E-state index contributed by atoms with van der Waals surface area (Å²) >= 11 is 0. The van der Waals surface area contributed by atoms with Crippen molar-refractivity contribution in [2.45, 2.75) is 12.4 Å². The minimum atomic E-state index is -5.38. The second kappa shape index (κ2) is 4.54. The minimum absolute atomic E-state index is 1.70. The molecular formula is C7H4F6O3. The Balaban J connectivity index is 4.43. The molecule has 0 aromatic rings. The summed E-state index contributed by atoms with van der Waals surface area (Å²) < 4.78 is 73.0. The minimum Gasteiger partial charge on any atom is -0.452 e. The molecule has 0 bridgehead atoms. The van der Waals surface area contributed by atoms with Crippen molar-refractivity contribution < 1.29 is 40.7 Å². The van der Waals surface area contributed by atoms with Crippen LogP contribution in [-0.4, -0.2) is 30.7 Å². The highest BCUT2D eigenvalue weighted by atomic mass is 19.4. The molecule has 0 saturated carbocycles. The van der Waals surface area contributed by atoms with E-state index in [1.807, 2.05) is 0 Å². The van der Waals surface area contributed by atoms with Crippen molar-refractivity contribution in [1.82, 2.24) is 0 Å². The van der Waals surface area contributed by atoms with E-state index in [2.05, 4.69) is 11.3 Å². The fourth-order valence-corrected chi connectivity index (χ4v) is 0.498. The van der Waals surface area contributed by atoms with Gasteiger partial charge in [0.15, 0.2) is 6.61 Å². The number of hydrogen-bond acceptors (Lipinski definition) is 3. The SMILES string of the molecule is C=C(C(=O)OCC(F)(F)F)C(=O)C(F)(F)F. The smallest absolute Gasteiger partial charge is 0.452 e. The lowest BCUT2D eigenvalue weighted by Gasteiger charge is -2.09. The second-order valence-corrected chi connectivity index (χ2v) is 2.50. The number of ketones is 1. The van der Waals surface area contributed by atoms with Gasteiger partial charge in [-0.05, 0) is 0 Å². The average molecular weight is 250 g/mol. The van der Waals surface area contributed by atoms with Crippen LogP contribution in [0.4, 0.5) is 26.3 Å². The van der Waals surface area contributed by atoms with Crippen molar-refractivity contribution in [2.24, 2.45) is 0 Å². The van der Waals surface area contributed by atoms with E-state index in [0.29, 0.717) is 0 Å². The van der Waals surface area contributed by atoms with Gasteiger partial charge in [-0.3, -0.25) is 4.79 Å². The number of carbonyl (C=O) groups excluding carboxylic acids is 2. The van der Waals surface area contributed by atoms with Crippen LogP contribution in [0.25, 0.3) is 0 Å². The maximum atomic E-state index is 11.7. The molecule has 0 aromatic carbocycles. The molecule has 0 unspecified atom stereocenters. The lowest BCUT2D eigenvalue weighted by molar-refractivity contribution is -0.185. The van der Waals surface area contributed by atoms with E-state index in [4.69, 9.17) is 0 Å². The predicted molar refractivity (Wildman–Crippen MR) is 37.2 cm³/mol. The van der Waals surface area contributed by atoms with Crippen LogP contribution in [0, 0.1) is 0 Å². The molecule has 0 aliphatic rings.